The van der Waals surface area contributed by atoms with Crippen LogP contribution in [-0.2, 0) is 0 Å². The summed E-state index contributed by atoms with van der Waals surface area (Å²) in [6.45, 7) is 0. The number of hydrogen-bond acceptors (Lipinski definition) is 4. The van der Waals surface area contributed by atoms with E-state index in [-0.39, 0.29) is 11.3 Å². The van der Waals surface area contributed by atoms with Gasteiger partial charge in [0.15, 0.2) is 0 Å². The Morgan fingerprint density at radius 2 is 1.81 bits per heavy atom. The van der Waals surface area contributed by atoms with Crippen molar-refractivity contribution in [3.63, 3.8) is 0 Å². The van der Waals surface area contributed by atoms with Gasteiger partial charge in [-0.15, -0.1) is 11.3 Å². The Kier molecular flexibility index (Phi) is 4.32. The highest BCUT2D eigenvalue weighted by Gasteiger charge is 2.14. The lowest BCUT2D eigenvalue weighted by molar-refractivity contribution is 0.474. The van der Waals surface area contributed by atoms with Crippen LogP contribution in [0.25, 0.3) is 28.1 Å². The van der Waals surface area contributed by atoms with Gasteiger partial charge in [0.05, 0.1) is 16.2 Å². The molecule has 0 fully saturated rings. The molecule has 2 heterocycles. The first kappa shape index (κ1) is 16.6. The van der Waals surface area contributed by atoms with Crippen molar-refractivity contribution in [2.75, 3.05) is 0 Å². The van der Waals surface area contributed by atoms with Gasteiger partial charge in [0.2, 0.25) is 0 Å². The number of halogens is 1. The first-order valence-corrected chi connectivity index (χ1v) is 9.12. The van der Waals surface area contributed by atoms with Gasteiger partial charge in [0.1, 0.15) is 16.3 Å². The Bertz CT molecular complexity index is 1190. The summed E-state index contributed by atoms with van der Waals surface area (Å²) in [6, 6.07) is 15.9. The minimum absolute atomic E-state index is 0.159. The van der Waals surface area contributed by atoms with Crippen LogP contribution in [0.5, 0.6) is 5.75 Å². The fraction of sp³-hybridized carbons (Fsp3) is 0. The Balaban J connectivity index is 1.96. The predicted octanol–water partition coefficient (Wildman–Crippen LogP) is 4.98. The molecule has 0 atom stereocenters. The molecule has 4 aromatic rings. The van der Waals surface area contributed by atoms with E-state index in [1.165, 1.54) is 15.9 Å². The minimum atomic E-state index is -0.171. The maximum absolute atomic E-state index is 13.0. The highest BCUT2D eigenvalue weighted by atomic mass is 35.5. The van der Waals surface area contributed by atoms with Crippen molar-refractivity contribution in [3.05, 3.63) is 86.7 Å². The van der Waals surface area contributed by atoms with Crippen LogP contribution >= 0.6 is 22.9 Å². The lowest BCUT2D eigenvalue weighted by Crippen LogP contribution is -2.21. The number of para-hydroxylation sites is 2. The van der Waals surface area contributed by atoms with Crippen LogP contribution < -0.4 is 5.56 Å². The van der Waals surface area contributed by atoms with Crippen LogP contribution in [0.1, 0.15) is 11.4 Å². The maximum atomic E-state index is 13.0. The molecule has 4 rings (SSSR count). The molecule has 6 heteroatoms. The van der Waals surface area contributed by atoms with E-state index in [9.17, 15) is 9.90 Å². The molecule has 0 saturated heterocycles. The lowest BCUT2D eigenvalue weighted by Gasteiger charge is -2.11. The van der Waals surface area contributed by atoms with E-state index in [4.69, 9.17) is 11.6 Å². The monoisotopic (exact) mass is 380 g/mol. The third kappa shape index (κ3) is 2.92. The third-order valence-corrected chi connectivity index (χ3v) is 5.16. The highest BCUT2D eigenvalue weighted by Crippen LogP contribution is 2.24. The standard InChI is InChI=1S/C20H13ClN2O2S/c21-14-6-2-3-7-16(14)23-18(10-9-13-5-1-4-8-17(13)24)22-15-11-12-26-19(15)20(23)25/h1-12,24H/b10-9+. The fourth-order valence-corrected chi connectivity index (χ4v) is 3.68. The summed E-state index contributed by atoms with van der Waals surface area (Å²) < 4.78 is 2.07. The molecule has 26 heavy (non-hydrogen) atoms. The molecule has 0 aliphatic carbocycles. The molecule has 0 radical (unpaired) electrons. The lowest BCUT2D eigenvalue weighted by atomic mass is 10.2. The minimum Gasteiger partial charge on any atom is -0.507 e. The van der Waals surface area contributed by atoms with Gasteiger partial charge in [0, 0.05) is 5.56 Å². The second-order valence-corrected chi connectivity index (χ2v) is 6.91. The Hall–Kier alpha value is -2.89. The van der Waals surface area contributed by atoms with Crippen molar-refractivity contribution < 1.29 is 5.11 Å². The number of nitrogens with zero attached hydrogens (tertiary/aromatic N) is 2. The molecule has 1 N–H and O–H groups in total. The van der Waals surface area contributed by atoms with Crippen molar-refractivity contribution >= 4 is 45.3 Å². The van der Waals surface area contributed by atoms with Crippen molar-refractivity contribution in [2.24, 2.45) is 0 Å². The first-order valence-electron chi connectivity index (χ1n) is 7.86. The van der Waals surface area contributed by atoms with E-state index in [1.807, 2.05) is 29.6 Å². The molecular weight excluding hydrogens is 368 g/mol. The molecule has 2 aromatic carbocycles. The van der Waals surface area contributed by atoms with Gasteiger partial charge < -0.3 is 5.11 Å². The molecule has 0 amide bonds. The largest absolute Gasteiger partial charge is 0.507 e. The van der Waals surface area contributed by atoms with E-state index < -0.39 is 0 Å². The summed E-state index contributed by atoms with van der Waals surface area (Å²) in [7, 11) is 0. The van der Waals surface area contributed by atoms with Crippen molar-refractivity contribution in [1.29, 1.82) is 0 Å². The first-order chi connectivity index (χ1) is 12.6. The van der Waals surface area contributed by atoms with Gasteiger partial charge in [-0.2, -0.15) is 0 Å². The molecule has 0 saturated carbocycles. The zero-order valence-electron chi connectivity index (χ0n) is 13.5. The number of thiophene rings is 1. The molecule has 128 valence electrons. The van der Waals surface area contributed by atoms with E-state index in [0.717, 1.165) is 0 Å². The normalized spacial score (nSPS) is 11.4. The summed E-state index contributed by atoms with van der Waals surface area (Å²) in [5.41, 5.74) is 1.67. The van der Waals surface area contributed by atoms with Crippen LogP contribution in [0, 0.1) is 0 Å². The quantitative estimate of drug-likeness (QED) is 0.545. The third-order valence-electron chi connectivity index (χ3n) is 3.95. The average Bonchev–Trinajstić information content (AvgIpc) is 3.11. The van der Waals surface area contributed by atoms with Crippen molar-refractivity contribution in [3.8, 4) is 11.4 Å². The van der Waals surface area contributed by atoms with Gasteiger partial charge in [-0.3, -0.25) is 9.36 Å². The second kappa shape index (κ2) is 6.78. The second-order valence-electron chi connectivity index (χ2n) is 5.59. The highest BCUT2D eigenvalue weighted by molar-refractivity contribution is 7.17. The number of fused-ring (bicyclic) bond motifs is 1. The predicted molar refractivity (Wildman–Crippen MR) is 107 cm³/mol. The van der Waals surface area contributed by atoms with E-state index in [2.05, 4.69) is 4.98 Å². The Labute approximate surface area is 158 Å². The van der Waals surface area contributed by atoms with Gasteiger partial charge in [-0.25, -0.2) is 4.98 Å². The van der Waals surface area contributed by atoms with Gasteiger partial charge in [0.25, 0.3) is 5.56 Å². The number of aromatic hydroxyl groups is 1. The summed E-state index contributed by atoms with van der Waals surface area (Å²) in [6.07, 6.45) is 3.43. The number of benzene rings is 2. The summed E-state index contributed by atoms with van der Waals surface area (Å²) >= 11 is 7.67. The molecule has 0 aliphatic heterocycles. The zero-order valence-corrected chi connectivity index (χ0v) is 15.0. The van der Waals surface area contributed by atoms with E-state index in [1.54, 1.807) is 42.5 Å². The van der Waals surface area contributed by atoms with Crippen LogP contribution in [0.2, 0.25) is 5.02 Å². The van der Waals surface area contributed by atoms with Gasteiger partial charge >= 0.3 is 0 Å². The number of phenolic OH excluding ortho intramolecular Hbond substituents is 1. The molecule has 0 bridgehead atoms. The summed E-state index contributed by atoms with van der Waals surface area (Å²) in [4.78, 5) is 17.6. The van der Waals surface area contributed by atoms with Crippen LogP contribution in [-0.4, -0.2) is 14.7 Å². The SMILES string of the molecule is O=c1c2sccc2nc(/C=C/c2ccccc2O)n1-c1ccccc1Cl. The molecule has 0 unspecified atom stereocenters. The molecular formula is C20H13ClN2O2S. The topological polar surface area (TPSA) is 55.1 Å². The number of hydrogen-bond donors (Lipinski definition) is 1. The van der Waals surface area contributed by atoms with Gasteiger partial charge in [-0.05, 0) is 41.8 Å². The average molecular weight is 381 g/mol. The smallest absolute Gasteiger partial charge is 0.276 e. The summed E-state index contributed by atoms with van der Waals surface area (Å²) in [5, 5.41) is 12.3. The molecule has 4 nitrogen and oxygen atoms in total. The number of rotatable bonds is 3. The number of phenols is 1. The maximum Gasteiger partial charge on any atom is 0.276 e. The molecule has 0 aliphatic rings. The number of aromatic nitrogens is 2. The fourth-order valence-electron chi connectivity index (χ4n) is 2.70. The van der Waals surface area contributed by atoms with Crippen LogP contribution in [0.3, 0.4) is 0 Å². The summed E-state index contributed by atoms with van der Waals surface area (Å²) in [5.74, 6) is 0.601. The van der Waals surface area contributed by atoms with Crippen molar-refractivity contribution in [1.82, 2.24) is 9.55 Å². The molecule has 0 spiro atoms. The van der Waals surface area contributed by atoms with Gasteiger partial charge in [-0.1, -0.05) is 41.9 Å². The van der Waals surface area contributed by atoms with E-state index >= 15 is 0 Å². The van der Waals surface area contributed by atoms with Crippen LogP contribution in [0.15, 0.2) is 64.8 Å². The van der Waals surface area contributed by atoms with E-state index in [0.29, 0.717) is 32.3 Å². The Morgan fingerprint density at radius 3 is 2.62 bits per heavy atom. The van der Waals surface area contributed by atoms with Crippen molar-refractivity contribution in [2.45, 2.75) is 0 Å². The molecule has 2 aromatic heterocycles. The zero-order chi connectivity index (χ0) is 18.1. The Morgan fingerprint density at radius 1 is 1.04 bits per heavy atom. The van der Waals surface area contributed by atoms with Crippen LogP contribution in [0.4, 0.5) is 0 Å².